The number of carbonyl (C=O) groups is 1. The van der Waals surface area contributed by atoms with Crippen LogP contribution >= 0.6 is 7.82 Å². The summed E-state index contributed by atoms with van der Waals surface area (Å²) in [5.41, 5.74) is 0. The van der Waals surface area contributed by atoms with Crippen molar-refractivity contribution in [3.05, 3.63) is 0 Å². The van der Waals surface area contributed by atoms with Crippen LogP contribution in [0, 0.1) is 0 Å². The number of hydrogen-bond donors (Lipinski definition) is 11. The van der Waals surface area contributed by atoms with Gasteiger partial charge in [0.1, 0.15) is 61.5 Å². The van der Waals surface area contributed by atoms with E-state index in [-0.39, 0.29) is 6.29 Å². The summed E-state index contributed by atoms with van der Waals surface area (Å²) < 4.78 is 37.4. The molecule has 0 radical (unpaired) electrons. The number of aliphatic hydroxyl groups is 10. The molecule has 2 rings (SSSR count). The van der Waals surface area contributed by atoms with Crippen LogP contribution < -0.4 is 0 Å². The molecule has 36 heavy (non-hydrogen) atoms. The zero-order valence-corrected chi connectivity index (χ0v) is 19.4. The lowest BCUT2D eigenvalue weighted by atomic mass is 9.99. The van der Waals surface area contributed by atoms with Gasteiger partial charge in [-0.2, -0.15) is 0 Å². The Balaban J connectivity index is 2.23. The Kier molecular flexibility index (Phi) is 11.3. The zero-order valence-electron chi connectivity index (χ0n) is 18.5. The lowest BCUT2D eigenvalue weighted by Crippen LogP contribution is -2.62. The van der Waals surface area contributed by atoms with Crippen LogP contribution in [0.5, 0.6) is 0 Å². The summed E-state index contributed by atoms with van der Waals surface area (Å²) in [6.07, 6.45) is -21.6. The van der Waals surface area contributed by atoms with E-state index in [0.717, 1.165) is 0 Å². The van der Waals surface area contributed by atoms with Gasteiger partial charge in [-0.05, 0) is 0 Å². The van der Waals surface area contributed by atoms with Crippen LogP contribution in [0.1, 0.15) is 0 Å². The number of phosphoric ester groups is 1. The second-order valence-electron chi connectivity index (χ2n) is 8.05. The number of aliphatic hydroxyl groups excluding tert-OH is 10. The molecular weight excluding hydrogens is 523 g/mol. The predicted molar refractivity (Wildman–Crippen MR) is 107 cm³/mol. The van der Waals surface area contributed by atoms with Crippen molar-refractivity contribution >= 4 is 14.1 Å². The van der Waals surface area contributed by atoms with Gasteiger partial charge in [0.15, 0.2) is 18.7 Å². The fourth-order valence-electron chi connectivity index (χ4n) is 3.57. The molecule has 11 N–H and O–H groups in total. The molecule has 0 aromatic carbocycles. The van der Waals surface area contributed by atoms with E-state index in [2.05, 4.69) is 4.52 Å². The fraction of sp³-hybridized carbons (Fsp3) is 0.941. The van der Waals surface area contributed by atoms with Crippen LogP contribution in [0.15, 0.2) is 0 Å². The molecule has 0 saturated carbocycles. The third-order valence-corrected chi connectivity index (χ3v) is 6.63. The largest absolute Gasteiger partial charge is 0.473 e. The third kappa shape index (κ3) is 6.63. The van der Waals surface area contributed by atoms with E-state index in [0.29, 0.717) is 0 Å². The standard InChI is InChI=1S/C17H31O18P/c18-1-6(23)10(24)8(3-20)34-36(29,30)35-14-9(4-21)32-17(5-22,15(14)28)33-16-13(27)12(26)11(25)7(2-19)31-16/h3,6-16,18-19,21-28H,1-2,4-5H2,(H,29,30)/t6-,7-,8-,9+,10-,11+,12-,13+,14+,15-,16+,17-/m0/s1. The number of ether oxygens (including phenoxy) is 3. The van der Waals surface area contributed by atoms with Gasteiger partial charge in [0.05, 0.1) is 19.8 Å². The highest BCUT2D eigenvalue weighted by molar-refractivity contribution is 7.47. The Labute approximate surface area is 203 Å². The van der Waals surface area contributed by atoms with Gasteiger partial charge in [-0.1, -0.05) is 0 Å². The van der Waals surface area contributed by atoms with E-state index in [1.165, 1.54) is 0 Å². The maximum atomic E-state index is 12.5. The van der Waals surface area contributed by atoms with Crippen LogP contribution in [-0.4, -0.2) is 162 Å². The molecule has 19 heteroatoms. The summed E-state index contributed by atoms with van der Waals surface area (Å²) in [4.78, 5) is 21.2. The zero-order chi connectivity index (χ0) is 27.4. The highest BCUT2D eigenvalue weighted by Crippen LogP contribution is 2.50. The van der Waals surface area contributed by atoms with E-state index in [9.17, 15) is 60.2 Å². The lowest BCUT2D eigenvalue weighted by Gasteiger charge is -2.43. The van der Waals surface area contributed by atoms with Gasteiger partial charge >= 0.3 is 7.82 Å². The molecule has 0 bridgehead atoms. The third-order valence-electron chi connectivity index (χ3n) is 5.61. The number of phosphoric acid groups is 1. The highest BCUT2D eigenvalue weighted by Gasteiger charge is 2.60. The minimum atomic E-state index is -5.42. The van der Waals surface area contributed by atoms with Crippen molar-refractivity contribution in [2.45, 2.75) is 73.1 Å². The number of aldehydes is 1. The quantitative estimate of drug-likeness (QED) is 0.0744. The highest BCUT2D eigenvalue weighted by atomic mass is 31.2. The number of hydrogen-bond acceptors (Lipinski definition) is 17. The molecule has 0 spiro atoms. The molecular formula is C17H31O18P. The van der Waals surface area contributed by atoms with Gasteiger partial charge < -0.3 is 75.0 Å². The van der Waals surface area contributed by atoms with E-state index in [1.54, 1.807) is 0 Å². The minimum absolute atomic E-state index is 0.179. The maximum Gasteiger partial charge on any atom is 0.473 e. The van der Waals surface area contributed by atoms with Gasteiger partial charge in [-0.3, -0.25) is 9.05 Å². The first-order valence-corrected chi connectivity index (χ1v) is 12.0. The normalized spacial score (nSPS) is 41.4. The molecule has 0 aliphatic carbocycles. The molecule has 2 aliphatic heterocycles. The first-order chi connectivity index (χ1) is 16.8. The van der Waals surface area contributed by atoms with Crippen molar-refractivity contribution in [2.75, 3.05) is 26.4 Å². The van der Waals surface area contributed by atoms with Crippen molar-refractivity contribution in [3.63, 3.8) is 0 Å². The van der Waals surface area contributed by atoms with Gasteiger partial charge in [-0.15, -0.1) is 0 Å². The summed E-state index contributed by atoms with van der Waals surface area (Å²) in [5, 5.41) is 97.4. The van der Waals surface area contributed by atoms with Crippen LogP contribution in [0.4, 0.5) is 0 Å². The van der Waals surface area contributed by atoms with Crippen molar-refractivity contribution < 1.29 is 88.6 Å². The van der Waals surface area contributed by atoms with Crippen molar-refractivity contribution in [1.82, 2.24) is 0 Å². The molecule has 2 saturated heterocycles. The molecule has 13 atom stereocenters. The van der Waals surface area contributed by atoms with Crippen LogP contribution in [0.3, 0.4) is 0 Å². The van der Waals surface area contributed by atoms with Crippen molar-refractivity contribution in [1.29, 1.82) is 0 Å². The second kappa shape index (κ2) is 12.9. The average Bonchev–Trinajstić information content (AvgIpc) is 3.12. The smallest absolute Gasteiger partial charge is 0.394 e. The monoisotopic (exact) mass is 554 g/mol. The predicted octanol–water partition coefficient (Wildman–Crippen LogP) is -6.97. The first-order valence-electron chi connectivity index (χ1n) is 10.5. The van der Waals surface area contributed by atoms with E-state index in [1.807, 2.05) is 0 Å². The molecule has 212 valence electrons. The number of carbonyl (C=O) groups excluding carboxylic acids is 1. The van der Waals surface area contributed by atoms with Crippen LogP contribution in [0.2, 0.25) is 0 Å². The molecule has 2 fully saturated rings. The van der Waals surface area contributed by atoms with E-state index in [4.69, 9.17) is 23.8 Å². The molecule has 0 aromatic rings. The van der Waals surface area contributed by atoms with Crippen molar-refractivity contribution in [3.8, 4) is 0 Å². The lowest BCUT2D eigenvalue weighted by molar-refractivity contribution is -0.383. The SMILES string of the molecule is O=C[C@H](OP(=O)(O)O[C@@H]1[C@@H](CO)O[C@@](CO)(O[C@H]2O[C@@H](CO)[C@@H](O)[C@H](O)[C@H]2O)[C@H]1O)[C@@H](O)[C@@H](O)CO. The average molecular weight is 554 g/mol. The van der Waals surface area contributed by atoms with Gasteiger partial charge in [0, 0.05) is 0 Å². The Morgan fingerprint density at radius 3 is 2.08 bits per heavy atom. The van der Waals surface area contributed by atoms with Gasteiger partial charge in [-0.25, -0.2) is 4.57 Å². The maximum absolute atomic E-state index is 12.5. The first kappa shape index (κ1) is 31.5. The Bertz CT molecular complexity index is 755. The summed E-state index contributed by atoms with van der Waals surface area (Å²) in [5.74, 6) is -2.64. The van der Waals surface area contributed by atoms with Crippen LogP contribution in [-0.2, 0) is 32.6 Å². The number of rotatable bonds is 13. The molecule has 2 heterocycles. The Hall–Kier alpha value is -0.740. The second-order valence-corrected chi connectivity index (χ2v) is 9.41. The topological polar surface area (TPSA) is 303 Å². The summed E-state index contributed by atoms with van der Waals surface area (Å²) in [7, 11) is -5.42. The molecule has 18 nitrogen and oxygen atoms in total. The fourth-order valence-corrected chi connectivity index (χ4v) is 4.66. The van der Waals surface area contributed by atoms with Crippen molar-refractivity contribution in [2.24, 2.45) is 0 Å². The minimum Gasteiger partial charge on any atom is -0.394 e. The summed E-state index contributed by atoms with van der Waals surface area (Å²) in [6.45, 7) is -4.16. The van der Waals surface area contributed by atoms with Gasteiger partial charge in [0.25, 0.3) is 0 Å². The van der Waals surface area contributed by atoms with E-state index >= 15 is 0 Å². The molecule has 2 aliphatic rings. The summed E-state index contributed by atoms with van der Waals surface area (Å²) >= 11 is 0. The summed E-state index contributed by atoms with van der Waals surface area (Å²) in [6, 6.07) is 0. The van der Waals surface area contributed by atoms with Gasteiger partial charge in [0.2, 0.25) is 5.79 Å². The molecule has 0 amide bonds. The molecule has 1 unspecified atom stereocenters. The van der Waals surface area contributed by atoms with Crippen LogP contribution in [0.25, 0.3) is 0 Å². The Morgan fingerprint density at radius 2 is 1.58 bits per heavy atom. The molecule has 0 aromatic heterocycles. The van der Waals surface area contributed by atoms with E-state index < -0.39 is 107 Å². The Morgan fingerprint density at radius 1 is 0.972 bits per heavy atom.